The van der Waals surface area contributed by atoms with Crippen molar-refractivity contribution in [1.82, 2.24) is 4.90 Å². The van der Waals surface area contributed by atoms with Crippen molar-refractivity contribution in [3.05, 3.63) is 18.2 Å². The lowest BCUT2D eigenvalue weighted by molar-refractivity contribution is -0.120. The Balaban J connectivity index is 1.97. The highest BCUT2D eigenvalue weighted by molar-refractivity contribution is 5.93. The number of methoxy groups -OCH3 is 1. The quantitative estimate of drug-likeness (QED) is 0.705. The summed E-state index contributed by atoms with van der Waals surface area (Å²) < 4.78 is 11.3. The molecule has 6 nitrogen and oxygen atoms in total. The number of carbonyl (C=O) groups is 1. The van der Waals surface area contributed by atoms with Crippen molar-refractivity contribution < 1.29 is 14.3 Å². The number of amides is 1. The summed E-state index contributed by atoms with van der Waals surface area (Å²) >= 11 is 0. The Morgan fingerprint density at radius 2 is 2.04 bits per heavy atom. The summed E-state index contributed by atoms with van der Waals surface area (Å²) in [5.41, 5.74) is 6.73. The first-order valence-corrected chi connectivity index (χ1v) is 9.67. The minimum Gasteiger partial charge on any atom is -0.493 e. The Morgan fingerprint density at radius 1 is 1.27 bits per heavy atom. The van der Waals surface area contributed by atoms with E-state index in [1.54, 1.807) is 7.11 Å². The van der Waals surface area contributed by atoms with Crippen molar-refractivity contribution in [3.63, 3.8) is 0 Å². The van der Waals surface area contributed by atoms with E-state index in [-0.39, 0.29) is 17.9 Å². The molecule has 2 unspecified atom stereocenters. The number of rotatable bonds is 9. The molecule has 146 valence electrons. The maximum atomic E-state index is 12.5. The second-order valence-corrected chi connectivity index (χ2v) is 6.85. The molecule has 1 saturated carbocycles. The van der Waals surface area contributed by atoms with Gasteiger partial charge in [0, 0.05) is 30.3 Å². The highest BCUT2D eigenvalue weighted by atomic mass is 16.5. The number of ether oxygens (including phenoxy) is 2. The van der Waals surface area contributed by atoms with Gasteiger partial charge in [-0.05, 0) is 44.5 Å². The zero-order valence-corrected chi connectivity index (χ0v) is 16.3. The van der Waals surface area contributed by atoms with Crippen molar-refractivity contribution >= 4 is 11.6 Å². The van der Waals surface area contributed by atoms with Crippen LogP contribution in [0.25, 0.3) is 0 Å². The maximum Gasteiger partial charge on any atom is 0.227 e. The van der Waals surface area contributed by atoms with Crippen molar-refractivity contribution in [2.24, 2.45) is 11.7 Å². The topological polar surface area (TPSA) is 76.8 Å². The molecule has 1 aromatic carbocycles. The van der Waals surface area contributed by atoms with Crippen LogP contribution in [0.15, 0.2) is 18.2 Å². The highest BCUT2D eigenvalue weighted by Gasteiger charge is 2.25. The largest absolute Gasteiger partial charge is 0.493 e. The molecule has 26 heavy (non-hydrogen) atoms. The van der Waals surface area contributed by atoms with Gasteiger partial charge in [-0.3, -0.25) is 4.79 Å². The van der Waals surface area contributed by atoms with E-state index in [0.717, 1.165) is 51.0 Å². The summed E-state index contributed by atoms with van der Waals surface area (Å²) in [4.78, 5) is 14.8. The predicted molar refractivity (Wildman–Crippen MR) is 105 cm³/mol. The maximum absolute atomic E-state index is 12.5. The number of benzene rings is 1. The van der Waals surface area contributed by atoms with Gasteiger partial charge in [0.05, 0.1) is 7.11 Å². The van der Waals surface area contributed by atoms with Crippen LogP contribution in [0.2, 0.25) is 0 Å². The standard InChI is InChI=1S/C20H33N3O3/c1-4-23(5-2)11-12-26-19-14-17(9-10-18(19)25-3)22-20(24)15-7-6-8-16(21)13-15/h9-10,14-16H,4-8,11-13,21H2,1-3H3,(H,22,24). The molecule has 0 spiro atoms. The molecular formula is C20H33N3O3. The molecule has 0 aromatic heterocycles. The second kappa shape index (κ2) is 10.4. The molecule has 3 N–H and O–H groups in total. The van der Waals surface area contributed by atoms with E-state index in [1.165, 1.54) is 0 Å². The number of nitrogens with one attached hydrogen (secondary N) is 1. The van der Waals surface area contributed by atoms with Crippen LogP contribution in [0.1, 0.15) is 39.5 Å². The Morgan fingerprint density at radius 3 is 2.69 bits per heavy atom. The Bertz CT molecular complexity index is 575. The van der Waals surface area contributed by atoms with Crippen LogP contribution in [-0.4, -0.2) is 50.2 Å². The zero-order chi connectivity index (χ0) is 18.9. The lowest BCUT2D eigenvalue weighted by Gasteiger charge is -2.25. The first kappa shape index (κ1) is 20.5. The molecular weight excluding hydrogens is 330 g/mol. The fourth-order valence-electron chi connectivity index (χ4n) is 3.40. The summed E-state index contributed by atoms with van der Waals surface area (Å²) in [6, 6.07) is 5.64. The third-order valence-electron chi connectivity index (χ3n) is 5.08. The summed E-state index contributed by atoms with van der Waals surface area (Å²) in [6.07, 6.45) is 3.69. The zero-order valence-electron chi connectivity index (χ0n) is 16.3. The molecule has 0 aliphatic heterocycles. The van der Waals surface area contributed by atoms with Gasteiger partial charge in [-0.25, -0.2) is 0 Å². The molecule has 0 bridgehead atoms. The van der Waals surface area contributed by atoms with E-state index in [1.807, 2.05) is 18.2 Å². The fraction of sp³-hybridized carbons (Fsp3) is 0.650. The minimum absolute atomic E-state index is 0.00659. The first-order chi connectivity index (χ1) is 12.6. The lowest BCUT2D eigenvalue weighted by Crippen LogP contribution is -2.34. The van der Waals surface area contributed by atoms with Crippen LogP contribution in [0.3, 0.4) is 0 Å². The van der Waals surface area contributed by atoms with E-state index >= 15 is 0 Å². The van der Waals surface area contributed by atoms with Gasteiger partial charge in [0.15, 0.2) is 11.5 Å². The smallest absolute Gasteiger partial charge is 0.227 e. The molecule has 0 saturated heterocycles. The summed E-state index contributed by atoms with van der Waals surface area (Å²) in [7, 11) is 1.62. The van der Waals surface area contributed by atoms with Crippen LogP contribution in [0.5, 0.6) is 11.5 Å². The predicted octanol–water partition coefficient (Wildman–Crippen LogP) is 2.87. The number of hydrogen-bond donors (Lipinski definition) is 2. The SMILES string of the molecule is CCN(CC)CCOc1cc(NC(=O)C2CCCC(N)C2)ccc1OC. The van der Waals surface area contributed by atoms with E-state index in [4.69, 9.17) is 15.2 Å². The van der Waals surface area contributed by atoms with Gasteiger partial charge < -0.3 is 25.4 Å². The second-order valence-electron chi connectivity index (χ2n) is 6.85. The molecule has 0 heterocycles. The number of hydrogen-bond acceptors (Lipinski definition) is 5. The third kappa shape index (κ3) is 5.88. The molecule has 1 fully saturated rings. The van der Waals surface area contributed by atoms with Crippen molar-refractivity contribution in [1.29, 1.82) is 0 Å². The molecule has 1 aromatic rings. The van der Waals surface area contributed by atoms with E-state index in [2.05, 4.69) is 24.1 Å². The van der Waals surface area contributed by atoms with Crippen molar-refractivity contribution in [3.8, 4) is 11.5 Å². The van der Waals surface area contributed by atoms with Crippen molar-refractivity contribution in [2.45, 2.75) is 45.6 Å². The molecule has 6 heteroatoms. The average molecular weight is 364 g/mol. The average Bonchev–Trinajstić information content (AvgIpc) is 2.65. The number of carbonyl (C=O) groups excluding carboxylic acids is 1. The lowest BCUT2D eigenvalue weighted by atomic mass is 9.85. The Labute approximate surface area is 157 Å². The van der Waals surface area contributed by atoms with Gasteiger partial charge in [0.1, 0.15) is 6.61 Å². The summed E-state index contributed by atoms with van der Waals surface area (Å²) in [5, 5.41) is 3.00. The Kier molecular flexibility index (Phi) is 8.19. The van der Waals surface area contributed by atoms with Crippen LogP contribution >= 0.6 is 0 Å². The number of likely N-dealkylation sites (N-methyl/N-ethyl adjacent to an activating group) is 1. The van der Waals surface area contributed by atoms with Crippen molar-refractivity contribution in [2.75, 3.05) is 38.7 Å². The van der Waals surface area contributed by atoms with Gasteiger partial charge >= 0.3 is 0 Å². The Hall–Kier alpha value is -1.79. The molecule has 1 aliphatic rings. The van der Waals surface area contributed by atoms with Gasteiger partial charge in [0.2, 0.25) is 5.91 Å². The molecule has 0 radical (unpaired) electrons. The number of nitrogens with zero attached hydrogens (tertiary/aromatic N) is 1. The van der Waals surface area contributed by atoms with E-state index in [9.17, 15) is 4.79 Å². The fourth-order valence-corrected chi connectivity index (χ4v) is 3.40. The van der Waals surface area contributed by atoms with Crippen LogP contribution in [0.4, 0.5) is 5.69 Å². The molecule has 1 aliphatic carbocycles. The monoisotopic (exact) mass is 363 g/mol. The first-order valence-electron chi connectivity index (χ1n) is 9.67. The number of anilines is 1. The molecule has 2 rings (SSSR count). The van der Waals surface area contributed by atoms with Crippen LogP contribution in [0, 0.1) is 5.92 Å². The molecule has 2 atom stereocenters. The normalized spacial score (nSPS) is 20.0. The van der Waals surface area contributed by atoms with E-state index in [0.29, 0.717) is 18.1 Å². The van der Waals surface area contributed by atoms with Crippen LogP contribution < -0.4 is 20.5 Å². The summed E-state index contributed by atoms with van der Waals surface area (Å²) in [6.45, 7) is 7.70. The highest BCUT2D eigenvalue weighted by Crippen LogP contribution is 2.31. The molecule has 1 amide bonds. The van der Waals surface area contributed by atoms with Gasteiger partial charge in [-0.1, -0.05) is 20.3 Å². The van der Waals surface area contributed by atoms with Crippen LogP contribution in [-0.2, 0) is 4.79 Å². The third-order valence-corrected chi connectivity index (χ3v) is 5.08. The van der Waals surface area contributed by atoms with Gasteiger partial charge in [0.25, 0.3) is 0 Å². The van der Waals surface area contributed by atoms with E-state index < -0.39 is 0 Å². The van der Waals surface area contributed by atoms with Gasteiger partial charge in [-0.2, -0.15) is 0 Å². The summed E-state index contributed by atoms with van der Waals surface area (Å²) in [5.74, 6) is 1.35. The van der Waals surface area contributed by atoms with Gasteiger partial charge in [-0.15, -0.1) is 0 Å². The number of nitrogens with two attached hydrogens (primary N) is 1. The minimum atomic E-state index is -0.00659.